The summed E-state index contributed by atoms with van der Waals surface area (Å²) < 4.78 is 5.09. The zero-order valence-electron chi connectivity index (χ0n) is 9.18. The molecule has 0 aliphatic rings. The standard InChI is InChI=1S/C13H10ClNO2/c1-9-2-4-10(5-3-9)13(16)17-12-7-6-11(14)8-15-12/h2-8H,1H3. The molecule has 4 heteroatoms. The number of benzene rings is 1. The summed E-state index contributed by atoms with van der Waals surface area (Å²) in [5.41, 5.74) is 1.58. The zero-order valence-corrected chi connectivity index (χ0v) is 9.94. The van der Waals surface area contributed by atoms with Crippen molar-refractivity contribution in [1.29, 1.82) is 0 Å². The Morgan fingerprint density at radius 1 is 1.18 bits per heavy atom. The van der Waals surface area contributed by atoms with Gasteiger partial charge in [-0.05, 0) is 25.1 Å². The minimum absolute atomic E-state index is 0.236. The SMILES string of the molecule is Cc1ccc(C(=O)Oc2ccc(Cl)cn2)cc1. The molecule has 2 aromatic rings. The third kappa shape index (κ3) is 3.04. The third-order valence-electron chi connectivity index (χ3n) is 2.18. The molecule has 0 aliphatic heterocycles. The van der Waals surface area contributed by atoms with Crippen molar-refractivity contribution in [2.45, 2.75) is 6.92 Å². The highest BCUT2D eigenvalue weighted by atomic mass is 35.5. The molecule has 1 heterocycles. The summed E-state index contributed by atoms with van der Waals surface area (Å²) in [5, 5.41) is 0.500. The summed E-state index contributed by atoms with van der Waals surface area (Å²) >= 11 is 5.68. The van der Waals surface area contributed by atoms with E-state index in [1.165, 1.54) is 6.20 Å². The van der Waals surface area contributed by atoms with E-state index in [1.807, 2.05) is 19.1 Å². The van der Waals surface area contributed by atoms with Gasteiger partial charge in [0.15, 0.2) is 0 Å². The van der Waals surface area contributed by atoms with Crippen LogP contribution in [-0.4, -0.2) is 11.0 Å². The number of hydrogen-bond acceptors (Lipinski definition) is 3. The van der Waals surface area contributed by atoms with E-state index in [4.69, 9.17) is 16.3 Å². The van der Waals surface area contributed by atoms with Gasteiger partial charge in [0, 0.05) is 12.3 Å². The van der Waals surface area contributed by atoms with E-state index in [0.29, 0.717) is 10.6 Å². The molecule has 0 fully saturated rings. The van der Waals surface area contributed by atoms with Crippen molar-refractivity contribution >= 4 is 17.6 Å². The highest BCUT2D eigenvalue weighted by molar-refractivity contribution is 6.30. The second-order valence-electron chi connectivity index (χ2n) is 3.57. The average Bonchev–Trinajstić information content (AvgIpc) is 2.33. The molecular formula is C13H10ClNO2. The smallest absolute Gasteiger partial charge is 0.344 e. The largest absolute Gasteiger partial charge is 0.404 e. The molecule has 0 radical (unpaired) electrons. The molecule has 0 aliphatic carbocycles. The van der Waals surface area contributed by atoms with Gasteiger partial charge in [0.25, 0.3) is 0 Å². The number of aromatic nitrogens is 1. The van der Waals surface area contributed by atoms with Crippen molar-refractivity contribution in [2.75, 3.05) is 0 Å². The highest BCUT2D eigenvalue weighted by Gasteiger charge is 2.08. The molecular weight excluding hydrogens is 238 g/mol. The van der Waals surface area contributed by atoms with Crippen LogP contribution in [0.15, 0.2) is 42.6 Å². The number of carbonyl (C=O) groups is 1. The van der Waals surface area contributed by atoms with E-state index >= 15 is 0 Å². The Balaban J connectivity index is 2.11. The van der Waals surface area contributed by atoms with E-state index in [2.05, 4.69) is 4.98 Å². The maximum atomic E-state index is 11.7. The van der Waals surface area contributed by atoms with Gasteiger partial charge in [-0.15, -0.1) is 0 Å². The Morgan fingerprint density at radius 3 is 2.47 bits per heavy atom. The number of halogens is 1. The van der Waals surface area contributed by atoms with Gasteiger partial charge in [-0.25, -0.2) is 9.78 Å². The van der Waals surface area contributed by atoms with Gasteiger partial charge in [0.05, 0.1) is 10.6 Å². The van der Waals surface area contributed by atoms with Gasteiger partial charge in [-0.3, -0.25) is 0 Å². The summed E-state index contributed by atoms with van der Waals surface area (Å²) in [6.07, 6.45) is 1.43. The van der Waals surface area contributed by atoms with Crippen LogP contribution < -0.4 is 4.74 Å². The maximum absolute atomic E-state index is 11.7. The number of esters is 1. The van der Waals surface area contributed by atoms with Crippen LogP contribution in [0.4, 0.5) is 0 Å². The van der Waals surface area contributed by atoms with Crippen LogP contribution in [-0.2, 0) is 0 Å². The van der Waals surface area contributed by atoms with Gasteiger partial charge in [0.1, 0.15) is 0 Å². The molecule has 2 rings (SSSR count). The molecule has 0 N–H and O–H groups in total. The van der Waals surface area contributed by atoms with E-state index in [9.17, 15) is 4.79 Å². The first-order chi connectivity index (χ1) is 8.15. The Labute approximate surface area is 104 Å². The van der Waals surface area contributed by atoms with E-state index in [-0.39, 0.29) is 5.88 Å². The maximum Gasteiger partial charge on any atom is 0.344 e. The van der Waals surface area contributed by atoms with Crippen molar-refractivity contribution in [3.05, 3.63) is 58.7 Å². The molecule has 86 valence electrons. The fraction of sp³-hybridized carbons (Fsp3) is 0.0769. The number of aryl methyl sites for hydroxylation is 1. The van der Waals surface area contributed by atoms with Crippen molar-refractivity contribution in [2.24, 2.45) is 0 Å². The predicted octanol–water partition coefficient (Wildman–Crippen LogP) is 3.26. The molecule has 0 atom stereocenters. The molecule has 3 nitrogen and oxygen atoms in total. The fourth-order valence-electron chi connectivity index (χ4n) is 1.27. The number of nitrogens with zero attached hydrogens (tertiary/aromatic N) is 1. The summed E-state index contributed by atoms with van der Waals surface area (Å²) in [7, 11) is 0. The lowest BCUT2D eigenvalue weighted by molar-refractivity contribution is 0.0727. The monoisotopic (exact) mass is 247 g/mol. The summed E-state index contributed by atoms with van der Waals surface area (Å²) in [6.45, 7) is 1.95. The van der Waals surface area contributed by atoms with Crippen LogP contribution >= 0.6 is 11.6 Å². The van der Waals surface area contributed by atoms with Gasteiger partial charge in [-0.1, -0.05) is 29.3 Å². The third-order valence-corrected chi connectivity index (χ3v) is 2.41. The van der Waals surface area contributed by atoms with Crippen LogP contribution in [0.2, 0.25) is 5.02 Å². The van der Waals surface area contributed by atoms with Gasteiger partial charge in [-0.2, -0.15) is 0 Å². The topological polar surface area (TPSA) is 39.2 Å². The summed E-state index contributed by atoms with van der Waals surface area (Å²) in [6, 6.07) is 10.3. The Hall–Kier alpha value is -1.87. The molecule has 0 spiro atoms. The highest BCUT2D eigenvalue weighted by Crippen LogP contribution is 2.13. The Morgan fingerprint density at radius 2 is 1.88 bits per heavy atom. The first-order valence-corrected chi connectivity index (χ1v) is 5.43. The summed E-state index contributed by atoms with van der Waals surface area (Å²) in [4.78, 5) is 15.6. The van der Waals surface area contributed by atoms with Crippen molar-refractivity contribution in [3.63, 3.8) is 0 Å². The molecule has 0 amide bonds. The summed E-state index contributed by atoms with van der Waals surface area (Å²) in [5.74, 6) is -0.195. The number of ether oxygens (including phenoxy) is 1. The lowest BCUT2D eigenvalue weighted by Crippen LogP contribution is -2.09. The number of pyridine rings is 1. The van der Waals surface area contributed by atoms with Crippen LogP contribution in [0.1, 0.15) is 15.9 Å². The number of rotatable bonds is 2. The van der Waals surface area contributed by atoms with Crippen LogP contribution in [0, 0.1) is 6.92 Å². The quantitative estimate of drug-likeness (QED) is 0.765. The minimum Gasteiger partial charge on any atom is -0.404 e. The number of hydrogen-bond donors (Lipinski definition) is 0. The van der Waals surface area contributed by atoms with E-state index < -0.39 is 5.97 Å². The molecule has 1 aromatic carbocycles. The van der Waals surface area contributed by atoms with Crippen molar-refractivity contribution in [1.82, 2.24) is 4.98 Å². The van der Waals surface area contributed by atoms with Gasteiger partial charge >= 0.3 is 5.97 Å². The zero-order chi connectivity index (χ0) is 12.3. The minimum atomic E-state index is -0.431. The van der Waals surface area contributed by atoms with Gasteiger partial charge < -0.3 is 4.74 Å². The van der Waals surface area contributed by atoms with Crippen LogP contribution in [0.3, 0.4) is 0 Å². The second-order valence-corrected chi connectivity index (χ2v) is 4.01. The van der Waals surface area contributed by atoms with Crippen molar-refractivity contribution in [3.8, 4) is 5.88 Å². The lowest BCUT2D eigenvalue weighted by atomic mass is 10.1. The molecule has 0 saturated carbocycles. The van der Waals surface area contributed by atoms with Crippen LogP contribution in [0.25, 0.3) is 0 Å². The number of carbonyl (C=O) groups excluding carboxylic acids is 1. The first-order valence-electron chi connectivity index (χ1n) is 5.05. The first kappa shape index (κ1) is 11.6. The Bertz CT molecular complexity index is 520. The normalized spacial score (nSPS) is 10.0. The molecule has 1 aromatic heterocycles. The van der Waals surface area contributed by atoms with E-state index in [1.54, 1.807) is 24.3 Å². The molecule has 0 unspecified atom stereocenters. The molecule has 0 saturated heterocycles. The van der Waals surface area contributed by atoms with Crippen LogP contribution in [0.5, 0.6) is 5.88 Å². The molecule has 17 heavy (non-hydrogen) atoms. The second kappa shape index (κ2) is 4.97. The van der Waals surface area contributed by atoms with Gasteiger partial charge in [0.2, 0.25) is 5.88 Å². The molecule has 0 bridgehead atoms. The average molecular weight is 248 g/mol. The Kier molecular flexibility index (Phi) is 3.40. The van der Waals surface area contributed by atoms with E-state index in [0.717, 1.165) is 5.56 Å². The predicted molar refractivity (Wildman–Crippen MR) is 65.4 cm³/mol. The van der Waals surface area contributed by atoms with Crippen molar-refractivity contribution < 1.29 is 9.53 Å². The fourth-order valence-corrected chi connectivity index (χ4v) is 1.38. The lowest BCUT2D eigenvalue weighted by Gasteiger charge is -2.03.